The van der Waals surface area contributed by atoms with E-state index in [1.165, 1.54) is 19.2 Å². The number of phenolic OH excluding ortho intramolecular Hbond substituents is 1. The number of benzene rings is 1. The number of halogens is 1. The molecule has 1 amide bonds. The smallest absolute Gasteiger partial charge is 0.256 e. The lowest BCUT2D eigenvalue weighted by atomic mass is 10.1. The second-order valence-electron chi connectivity index (χ2n) is 3.83. The van der Waals surface area contributed by atoms with Crippen LogP contribution in [-0.2, 0) is 9.53 Å². The normalized spacial score (nSPS) is 11.2. The van der Waals surface area contributed by atoms with Crippen LogP contribution in [0.4, 0.5) is 10.1 Å². The molecule has 0 heterocycles. The number of rotatable bonds is 3. The highest BCUT2D eigenvalue weighted by Gasteiger charge is 2.26. The van der Waals surface area contributed by atoms with E-state index in [4.69, 9.17) is 9.84 Å². The third-order valence-electron chi connectivity index (χ3n) is 2.26. The molecule has 0 spiro atoms. The van der Waals surface area contributed by atoms with Gasteiger partial charge in [0.25, 0.3) is 5.91 Å². The number of methoxy groups -OCH3 is 1. The first kappa shape index (κ1) is 12.4. The lowest BCUT2D eigenvalue weighted by Gasteiger charge is -2.21. The van der Waals surface area contributed by atoms with Crippen LogP contribution in [0, 0.1) is 5.82 Å². The first-order valence-corrected chi connectivity index (χ1v) is 4.72. The summed E-state index contributed by atoms with van der Waals surface area (Å²) in [4.78, 5) is 11.6. The van der Waals surface area contributed by atoms with Crippen molar-refractivity contribution in [3.05, 3.63) is 24.0 Å². The van der Waals surface area contributed by atoms with Crippen molar-refractivity contribution in [2.24, 2.45) is 0 Å². The second-order valence-corrected chi connectivity index (χ2v) is 3.83. The van der Waals surface area contributed by atoms with Crippen LogP contribution < -0.4 is 5.32 Å². The minimum Gasteiger partial charge on any atom is -0.505 e. The number of amides is 1. The van der Waals surface area contributed by atoms with Crippen molar-refractivity contribution in [3.8, 4) is 5.75 Å². The SMILES string of the molecule is COC(C)(C)C(=O)Nc1ccc(O)c(F)c1. The second kappa shape index (κ2) is 4.49. The first-order valence-electron chi connectivity index (χ1n) is 4.72. The minimum atomic E-state index is -0.992. The van der Waals surface area contributed by atoms with Crippen LogP contribution in [-0.4, -0.2) is 23.7 Å². The molecule has 0 saturated heterocycles. The van der Waals surface area contributed by atoms with Crippen LogP contribution >= 0.6 is 0 Å². The molecule has 88 valence electrons. The van der Waals surface area contributed by atoms with Gasteiger partial charge < -0.3 is 15.2 Å². The maximum atomic E-state index is 13.0. The molecule has 4 nitrogen and oxygen atoms in total. The molecule has 1 aromatic carbocycles. The van der Waals surface area contributed by atoms with Crippen molar-refractivity contribution in [2.75, 3.05) is 12.4 Å². The van der Waals surface area contributed by atoms with Gasteiger partial charge in [-0.3, -0.25) is 4.79 Å². The number of hydrogen-bond donors (Lipinski definition) is 2. The number of hydrogen-bond acceptors (Lipinski definition) is 3. The van der Waals surface area contributed by atoms with Crippen molar-refractivity contribution in [1.29, 1.82) is 0 Å². The zero-order valence-corrected chi connectivity index (χ0v) is 9.37. The van der Waals surface area contributed by atoms with Gasteiger partial charge in [-0.1, -0.05) is 0 Å². The Morgan fingerprint density at radius 3 is 2.62 bits per heavy atom. The van der Waals surface area contributed by atoms with Crippen molar-refractivity contribution < 1.29 is 19.0 Å². The molecule has 0 aliphatic rings. The van der Waals surface area contributed by atoms with Crippen molar-refractivity contribution in [3.63, 3.8) is 0 Å². The fourth-order valence-electron chi connectivity index (χ4n) is 0.959. The number of aromatic hydroxyl groups is 1. The molecule has 1 aromatic rings. The van der Waals surface area contributed by atoms with Gasteiger partial charge in [-0.2, -0.15) is 0 Å². The standard InChI is InChI=1S/C11H14FNO3/c1-11(2,16-3)10(15)13-7-4-5-9(14)8(12)6-7/h4-6,14H,1-3H3,(H,13,15). The predicted molar refractivity (Wildman–Crippen MR) is 57.8 cm³/mol. The summed E-state index contributed by atoms with van der Waals surface area (Å²) >= 11 is 0. The number of anilines is 1. The van der Waals surface area contributed by atoms with E-state index in [9.17, 15) is 9.18 Å². The Morgan fingerprint density at radius 1 is 1.50 bits per heavy atom. The molecule has 0 fully saturated rings. The molecule has 0 atom stereocenters. The van der Waals surface area contributed by atoms with Gasteiger partial charge in [0, 0.05) is 18.9 Å². The molecule has 2 N–H and O–H groups in total. The monoisotopic (exact) mass is 227 g/mol. The van der Waals surface area contributed by atoms with Gasteiger partial charge in [0.1, 0.15) is 5.60 Å². The maximum absolute atomic E-state index is 13.0. The maximum Gasteiger partial charge on any atom is 0.256 e. The molecule has 0 aromatic heterocycles. The largest absolute Gasteiger partial charge is 0.505 e. The number of phenols is 1. The molecule has 5 heteroatoms. The van der Waals surface area contributed by atoms with Gasteiger partial charge in [0.05, 0.1) is 0 Å². The lowest BCUT2D eigenvalue weighted by Crippen LogP contribution is -2.38. The van der Waals surface area contributed by atoms with E-state index >= 15 is 0 Å². The van der Waals surface area contributed by atoms with Crippen molar-refractivity contribution >= 4 is 11.6 Å². The number of carbonyl (C=O) groups excluding carboxylic acids is 1. The average Bonchev–Trinajstić information content (AvgIpc) is 2.23. The van der Waals surface area contributed by atoms with Crippen LogP contribution in [0.2, 0.25) is 0 Å². The van der Waals surface area contributed by atoms with Crippen LogP contribution in [0.25, 0.3) is 0 Å². The molecular formula is C11H14FNO3. The summed E-state index contributed by atoms with van der Waals surface area (Å²) in [5, 5.41) is 11.5. The zero-order valence-electron chi connectivity index (χ0n) is 9.37. The van der Waals surface area contributed by atoms with E-state index in [1.54, 1.807) is 13.8 Å². The lowest BCUT2D eigenvalue weighted by molar-refractivity contribution is -0.133. The fraction of sp³-hybridized carbons (Fsp3) is 0.364. The molecule has 0 radical (unpaired) electrons. The molecule has 0 aliphatic heterocycles. The number of carbonyl (C=O) groups is 1. The van der Waals surface area contributed by atoms with Crippen LogP contribution in [0.15, 0.2) is 18.2 Å². The molecule has 0 unspecified atom stereocenters. The Labute approximate surface area is 93.0 Å². The Balaban J connectivity index is 2.82. The van der Waals surface area contributed by atoms with E-state index in [-0.39, 0.29) is 11.6 Å². The topological polar surface area (TPSA) is 58.6 Å². The molecule has 16 heavy (non-hydrogen) atoms. The van der Waals surface area contributed by atoms with Crippen LogP contribution in [0.5, 0.6) is 5.75 Å². The molecular weight excluding hydrogens is 213 g/mol. The molecule has 1 rings (SSSR count). The van der Waals surface area contributed by atoms with Gasteiger partial charge in [-0.05, 0) is 26.0 Å². The van der Waals surface area contributed by atoms with Crippen LogP contribution in [0.3, 0.4) is 0 Å². The summed E-state index contributed by atoms with van der Waals surface area (Å²) in [6, 6.07) is 3.62. The molecule has 0 aliphatic carbocycles. The predicted octanol–water partition coefficient (Wildman–Crippen LogP) is 1.89. The minimum absolute atomic E-state index is 0.269. The summed E-state index contributed by atoms with van der Waals surface area (Å²) in [5.74, 6) is -1.63. The average molecular weight is 227 g/mol. The Hall–Kier alpha value is -1.62. The Kier molecular flexibility index (Phi) is 3.49. The Bertz CT molecular complexity index is 404. The highest BCUT2D eigenvalue weighted by Crippen LogP contribution is 2.20. The zero-order chi connectivity index (χ0) is 12.3. The summed E-state index contributed by atoms with van der Waals surface area (Å²) in [6.07, 6.45) is 0. The summed E-state index contributed by atoms with van der Waals surface area (Å²) in [6.45, 7) is 3.19. The van der Waals surface area contributed by atoms with Gasteiger partial charge in [-0.25, -0.2) is 4.39 Å². The Morgan fingerprint density at radius 2 is 2.12 bits per heavy atom. The number of nitrogens with one attached hydrogen (secondary N) is 1. The molecule has 0 bridgehead atoms. The highest BCUT2D eigenvalue weighted by atomic mass is 19.1. The van der Waals surface area contributed by atoms with E-state index in [0.717, 1.165) is 6.07 Å². The van der Waals surface area contributed by atoms with Gasteiger partial charge >= 0.3 is 0 Å². The van der Waals surface area contributed by atoms with E-state index in [1.807, 2.05) is 0 Å². The summed E-state index contributed by atoms with van der Waals surface area (Å²) < 4.78 is 17.9. The van der Waals surface area contributed by atoms with Crippen molar-refractivity contribution in [1.82, 2.24) is 0 Å². The molecule has 0 saturated carbocycles. The van der Waals surface area contributed by atoms with Crippen molar-refractivity contribution in [2.45, 2.75) is 19.4 Å². The van der Waals surface area contributed by atoms with Crippen LogP contribution in [0.1, 0.15) is 13.8 Å². The third-order valence-corrected chi connectivity index (χ3v) is 2.26. The first-order chi connectivity index (χ1) is 7.36. The number of ether oxygens (including phenoxy) is 1. The third kappa shape index (κ3) is 2.70. The van der Waals surface area contributed by atoms with Gasteiger partial charge in [0.2, 0.25) is 0 Å². The summed E-state index contributed by atoms with van der Waals surface area (Å²) in [5.41, 5.74) is -0.723. The van der Waals surface area contributed by atoms with Gasteiger partial charge in [0.15, 0.2) is 11.6 Å². The van der Waals surface area contributed by atoms with E-state index in [0.29, 0.717) is 0 Å². The summed E-state index contributed by atoms with van der Waals surface area (Å²) in [7, 11) is 1.41. The van der Waals surface area contributed by atoms with E-state index < -0.39 is 17.2 Å². The van der Waals surface area contributed by atoms with E-state index in [2.05, 4.69) is 5.32 Å². The fourth-order valence-corrected chi connectivity index (χ4v) is 0.959. The quantitative estimate of drug-likeness (QED) is 0.775. The van der Waals surface area contributed by atoms with Gasteiger partial charge in [-0.15, -0.1) is 0 Å². The highest BCUT2D eigenvalue weighted by molar-refractivity contribution is 5.96.